The van der Waals surface area contributed by atoms with Crippen LogP contribution in [-0.4, -0.2) is 33.7 Å². The highest BCUT2D eigenvalue weighted by molar-refractivity contribution is 7.89. The van der Waals surface area contributed by atoms with Crippen LogP contribution in [0.15, 0.2) is 12.7 Å². The van der Waals surface area contributed by atoms with E-state index in [1.165, 1.54) is 13.1 Å². The van der Waals surface area contributed by atoms with Gasteiger partial charge in [-0.2, -0.15) is 0 Å². The van der Waals surface area contributed by atoms with Crippen LogP contribution in [0.3, 0.4) is 0 Å². The Morgan fingerprint density at radius 3 is 2.22 bits per heavy atom. The highest BCUT2D eigenvalue weighted by atomic mass is 32.2. The summed E-state index contributed by atoms with van der Waals surface area (Å²) in [5, 5.41) is 2.72. The number of hydrogen-bond acceptors (Lipinski definition) is 3. The third-order valence-electron chi connectivity index (χ3n) is 2.64. The zero-order valence-corrected chi connectivity index (χ0v) is 11.9. The average Bonchev–Trinajstić information content (AvgIpc) is 2.36. The summed E-state index contributed by atoms with van der Waals surface area (Å²) in [4.78, 5) is 10.8. The van der Waals surface area contributed by atoms with Gasteiger partial charge in [0.25, 0.3) is 0 Å². The van der Waals surface area contributed by atoms with Gasteiger partial charge in [0.2, 0.25) is 15.9 Å². The molecule has 0 aromatic heterocycles. The summed E-state index contributed by atoms with van der Waals surface area (Å²) in [6.45, 7) is 4.05. The summed E-state index contributed by atoms with van der Waals surface area (Å²) >= 11 is 0. The molecular formula is C12H24N2O3S. The number of amides is 1. The Bertz CT molecular complexity index is 339. The molecule has 0 spiro atoms. The first kappa shape index (κ1) is 17.1. The molecule has 1 amide bonds. The normalized spacial score (nSPS) is 11.2. The Morgan fingerprint density at radius 1 is 1.11 bits per heavy atom. The summed E-state index contributed by atoms with van der Waals surface area (Å²) < 4.78 is 24.5. The molecule has 0 aromatic carbocycles. The molecule has 0 atom stereocenters. The van der Waals surface area contributed by atoms with Crippen molar-refractivity contribution in [3.05, 3.63) is 12.7 Å². The monoisotopic (exact) mass is 276 g/mol. The van der Waals surface area contributed by atoms with E-state index in [9.17, 15) is 13.2 Å². The second-order valence-corrected chi connectivity index (χ2v) is 6.19. The quantitative estimate of drug-likeness (QED) is 0.439. The Kier molecular flexibility index (Phi) is 9.59. The lowest BCUT2D eigenvalue weighted by molar-refractivity contribution is -0.116. The molecule has 0 unspecified atom stereocenters. The molecule has 0 aliphatic rings. The van der Waals surface area contributed by atoms with Crippen LogP contribution in [0.2, 0.25) is 0 Å². The third kappa shape index (κ3) is 10.3. The Hall–Kier alpha value is -0.880. The van der Waals surface area contributed by atoms with Gasteiger partial charge in [-0.15, -0.1) is 0 Å². The van der Waals surface area contributed by atoms with E-state index in [-0.39, 0.29) is 11.7 Å². The molecule has 5 nitrogen and oxygen atoms in total. The molecule has 0 rings (SSSR count). The number of rotatable bonds is 11. The summed E-state index contributed by atoms with van der Waals surface area (Å²) in [5.74, 6) is 0.0751. The third-order valence-corrected chi connectivity index (χ3v) is 4.08. The Labute approximate surface area is 110 Å². The highest BCUT2D eigenvalue weighted by Crippen LogP contribution is 2.05. The standard InChI is InChI=1S/C12H24N2O3S/c1-3-12(15)14-10-8-6-4-5-7-9-11-18(16,17)13-2/h3,13H,1,4-11H2,2H3,(H,14,15). The van der Waals surface area contributed by atoms with E-state index in [1.807, 2.05) is 0 Å². The molecule has 6 heteroatoms. The first-order chi connectivity index (χ1) is 8.52. The highest BCUT2D eigenvalue weighted by Gasteiger charge is 2.05. The van der Waals surface area contributed by atoms with Crippen molar-refractivity contribution in [1.29, 1.82) is 0 Å². The van der Waals surface area contributed by atoms with Gasteiger partial charge in [0.15, 0.2) is 0 Å². The van der Waals surface area contributed by atoms with Gasteiger partial charge in [-0.3, -0.25) is 4.79 Å². The first-order valence-corrected chi connectivity index (χ1v) is 7.98. The van der Waals surface area contributed by atoms with E-state index in [2.05, 4.69) is 16.6 Å². The maximum absolute atomic E-state index is 11.1. The molecule has 18 heavy (non-hydrogen) atoms. The second-order valence-electron chi connectivity index (χ2n) is 4.14. The van der Waals surface area contributed by atoms with E-state index in [0.717, 1.165) is 32.1 Å². The molecule has 2 N–H and O–H groups in total. The van der Waals surface area contributed by atoms with Crippen molar-refractivity contribution >= 4 is 15.9 Å². The fourth-order valence-electron chi connectivity index (χ4n) is 1.51. The fourth-order valence-corrected chi connectivity index (χ4v) is 2.30. The van der Waals surface area contributed by atoms with Crippen LogP contribution in [0.5, 0.6) is 0 Å². The first-order valence-electron chi connectivity index (χ1n) is 6.33. The smallest absolute Gasteiger partial charge is 0.243 e. The summed E-state index contributed by atoms with van der Waals surface area (Å²) in [5.41, 5.74) is 0. The molecule has 106 valence electrons. The largest absolute Gasteiger partial charge is 0.353 e. The minimum absolute atomic E-state index is 0.132. The maximum Gasteiger partial charge on any atom is 0.243 e. The van der Waals surface area contributed by atoms with Crippen LogP contribution in [0.25, 0.3) is 0 Å². The predicted molar refractivity (Wildman–Crippen MR) is 73.8 cm³/mol. The van der Waals surface area contributed by atoms with Gasteiger partial charge >= 0.3 is 0 Å². The van der Waals surface area contributed by atoms with Crippen LogP contribution in [-0.2, 0) is 14.8 Å². The minimum atomic E-state index is -3.04. The van der Waals surface area contributed by atoms with Crippen molar-refractivity contribution in [2.24, 2.45) is 0 Å². The van der Waals surface area contributed by atoms with Crippen molar-refractivity contribution in [3.8, 4) is 0 Å². The van der Waals surface area contributed by atoms with Crippen molar-refractivity contribution in [1.82, 2.24) is 10.0 Å². The summed E-state index contributed by atoms with van der Waals surface area (Å²) in [6.07, 6.45) is 7.02. The molecule has 0 aliphatic heterocycles. The lowest BCUT2D eigenvalue weighted by atomic mass is 10.1. The van der Waals surface area contributed by atoms with Crippen LogP contribution in [0.1, 0.15) is 38.5 Å². The number of nitrogens with one attached hydrogen (secondary N) is 2. The van der Waals surface area contributed by atoms with E-state index in [4.69, 9.17) is 0 Å². The molecule has 0 aromatic rings. The molecule has 0 bridgehead atoms. The maximum atomic E-state index is 11.1. The van der Waals surface area contributed by atoms with Gasteiger partial charge in [-0.05, 0) is 26.0 Å². The van der Waals surface area contributed by atoms with Crippen molar-refractivity contribution in [2.75, 3.05) is 19.3 Å². The van der Waals surface area contributed by atoms with E-state index in [1.54, 1.807) is 0 Å². The molecule has 0 radical (unpaired) electrons. The van der Waals surface area contributed by atoms with Crippen LogP contribution < -0.4 is 10.0 Å². The molecule has 0 heterocycles. The average molecular weight is 276 g/mol. The Balaban J connectivity index is 3.27. The van der Waals surface area contributed by atoms with Gasteiger partial charge < -0.3 is 5.32 Å². The van der Waals surface area contributed by atoms with Gasteiger partial charge in [0.05, 0.1) is 5.75 Å². The van der Waals surface area contributed by atoms with Crippen molar-refractivity contribution < 1.29 is 13.2 Å². The van der Waals surface area contributed by atoms with Gasteiger partial charge in [-0.25, -0.2) is 13.1 Å². The zero-order valence-electron chi connectivity index (χ0n) is 11.1. The van der Waals surface area contributed by atoms with Gasteiger partial charge in [0.1, 0.15) is 0 Å². The second kappa shape index (κ2) is 10.1. The topological polar surface area (TPSA) is 75.3 Å². The van der Waals surface area contributed by atoms with Crippen molar-refractivity contribution in [2.45, 2.75) is 38.5 Å². The van der Waals surface area contributed by atoms with Crippen LogP contribution in [0, 0.1) is 0 Å². The fraction of sp³-hybridized carbons (Fsp3) is 0.750. The van der Waals surface area contributed by atoms with E-state index in [0.29, 0.717) is 13.0 Å². The molecule has 0 saturated carbocycles. The number of carbonyl (C=O) groups excluding carboxylic acids is 1. The zero-order chi connectivity index (χ0) is 13.9. The summed E-state index contributed by atoms with van der Waals surface area (Å²) in [7, 11) is -1.60. The number of unbranched alkanes of at least 4 members (excludes halogenated alkanes) is 5. The Morgan fingerprint density at radius 2 is 1.67 bits per heavy atom. The van der Waals surface area contributed by atoms with E-state index < -0.39 is 10.0 Å². The molecule has 0 saturated heterocycles. The molecular weight excluding hydrogens is 252 g/mol. The van der Waals surface area contributed by atoms with Gasteiger partial charge in [0, 0.05) is 6.54 Å². The lowest BCUT2D eigenvalue weighted by Gasteiger charge is -2.03. The van der Waals surface area contributed by atoms with E-state index >= 15 is 0 Å². The van der Waals surface area contributed by atoms with Gasteiger partial charge in [-0.1, -0.05) is 32.3 Å². The SMILES string of the molecule is C=CC(=O)NCCCCCCCCS(=O)(=O)NC. The predicted octanol–water partition coefficient (Wildman–Crippen LogP) is 1.18. The number of hydrogen-bond donors (Lipinski definition) is 2. The lowest BCUT2D eigenvalue weighted by Crippen LogP contribution is -2.22. The molecule has 0 fully saturated rings. The number of sulfonamides is 1. The number of carbonyl (C=O) groups is 1. The molecule has 0 aliphatic carbocycles. The minimum Gasteiger partial charge on any atom is -0.353 e. The van der Waals surface area contributed by atoms with Crippen molar-refractivity contribution in [3.63, 3.8) is 0 Å². The summed E-state index contributed by atoms with van der Waals surface area (Å²) in [6, 6.07) is 0. The van der Waals surface area contributed by atoms with Crippen LogP contribution in [0.4, 0.5) is 0 Å². The van der Waals surface area contributed by atoms with Crippen LogP contribution >= 0.6 is 0 Å².